The Morgan fingerprint density at radius 3 is 2.65 bits per heavy atom. The molecule has 118 valence electrons. The summed E-state index contributed by atoms with van der Waals surface area (Å²) < 4.78 is 6.22. The minimum atomic E-state index is -0.241. The first kappa shape index (κ1) is 16.1. The van der Waals surface area contributed by atoms with Gasteiger partial charge in [-0.15, -0.1) is 0 Å². The molecule has 0 saturated heterocycles. The molecule has 0 fully saturated rings. The van der Waals surface area contributed by atoms with E-state index in [1.54, 1.807) is 30.3 Å². The van der Waals surface area contributed by atoms with Gasteiger partial charge in [0.1, 0.15) is 11.3 Å². The molecule has 0 aliphatic rings. The number of nitrogens with one attached hydrogen (secondary N) is 1. The summed E-state index contributed by atoms with van der Waals surface area (Å²) in [6.45, 7) is 2.49. The molecule has 0 aliphatic carbocycles. The van der Waals surface area contributed by atoms with Gasteiger partial charge in [0.25, 0.3) is 5.91 Å². The van der Waals surface area contributed by atoms with Crippen LogP contribution in [0.4, 0.5) is 5.13 Å². The van der Waals surface area contributed by atoms with Crippen LogP contribution in [0.5, 0.6) is 5.75 Å². The number of amides is 1. The van der Waals surface area contributed by atoms with Crippen molar-refractivity contribution < 1.29 is 9.53 Å². The molecule has 0 bridgehead atoms. The Morgan fingerprint density at radius 2 is 1.96 bits per heavy atom. The third-order valence-electron chi connectivity index (χ3n) is 3.10. The van der Waals surface area contributed by atoms with Crippen molar-refractivity contribution in [1.82, 2.24) is 4.98 Å². The number of aromatic nitrogens is 1. The molecular weight excluding hydrogens is 355 g/mol. The SMILES string of the molecule is CCOc1ccc(C(=O)Nc2nc3c(Cl)c(Cl)ccc3s2)cc1. The fourth-order valence-electron chi connectivity index (χ4n) is 2.03. The van der Waals surface area contributed by atoms with Crippen LogP contribution in [0.15, 0.2) is 36.4 Å². The van der Waals surface area contributed by atoms with Gasteiger partial charge in [-0.05, 0) is 43.3 Å². The molecule has 0 saturated carbocycles. The summed E-state index contributed by atoms with van der Waals surface area (Å²) in [5.41, 5.74) is 1.11. The van der Waals surface area contributed by atoms with Crippen LogP contribution in [0.2, 0.25) is 10.0 Å². The highest BCUT2D eigenvalue weighted by Crippen LogP contribution is 2.35. The predicted octanol–water partition coefficient (Wildman–Crippen LogP) is 5.25. The lowest BCUT2D eigenvalue weighted by Crippen LogP contribution is -2.11. The molecule has 3 rings (SSSR count). The molecule has 3 aromatic rings. The Hall–Kier alpha value is -1.82. The van der Waals surface area contributed by atoms with E-state index in [0.717, 1.165) is 10.4 Å². The number of ether oxygens (including phenoxy) is 1. The number of hydrogen-bond donors (Lipinski definition) is 1. The van der Waals surface area contributed by atoms with Crippen LogP contribution in [0.25, 0.3) is 10.2 Å². The topological polar surface area (TPSA) is 51.2 Å². The number of fused-ring (bicyclic) bond motifs is 1. The standard InChI is InChI=1S/C16H12Cl2N2O2S/c1-2-22-10-5-3-9(4-6-10)15(21)20-16-19-14-12(23-16)8-7-11(17)13(14)18/h3-8H,2H2,1H3,(H,19,20,21). The fraction of sp³-hybridized carbons (Fsp3) is 0.125. The summed E-state index contributed by atoms with van der Waals surface area (Å²) in [5, 5.41) is 4.08. The first-order valence-corrected chi connectivity index (χ1v) is 8.44. The molecule has 0 atom stereocenters. The Labute approximate surface area is 147 Å². The van der Waals surface area contributed by atoms with Gasteiger partial charge in [0.2, 0.25) is 0 Å². The van der Waals surface area contributed by atoms with Crippen LogP contribution < -0.4 is 10.1 Å². The Balaban J connectivity index is 1.81. The predicted molar refractivity (Wildman–Crippen MR) is 95.2 cm³/mol. The van der Waals surface area contributed by atoms with Crippen LogP contribution in [0, 0.1) is 0 Å². The number of nitrogens with zero attached hydrogens (tertiary/aromatic N) is 1. The minimum Gasteiger partial charge on any atom is -0.494 e. The zero-order chi connectivity index (χ0) is 16.4. The number of thiazole rings is 1. The van der Waals surface area contributed by atoms with E-state index in [-0.39, 0.29) is 5.91 Å². The third-order valence-corrected chi connectivity index (χ3v) is 4.83. The lowest BCUT2D eigenvalue weighted by atomic mass is 10.2. The summed E-state index contributed by atoms with van der Waals surface area (Å²) >= 11 is 13.4. The van der Waals surface area contributed by atoms with Crippen molar-refractivity contribution in [2.75, 3.05) is 11.9 Å². The van der Waals surface area contributed by atoms with Crippen molar-refractivity contribution in [2.24, 2.45) is 0 Å². The minimum absolute atomic E-state index is 0.241. The molecule has 4 nitrogen and oxygen atoms in total. The highest BCUT2D eigenvalue weighted by atomic mass is 35.5. The van der Waals surface area contributed by atoms with Crippen molar-refractivity contribution in [2.45, 2.75) is 6.92 Å². The van der Waals surface area contributed by atoms with Gasteiger partial charge in [-0.1, -0.05) is 34.5 Å². The maximum Gasteiger partial charge on any atom is 0.257 e. The van der Waals surface area contributed by atoms with Crippen LogP contribution >= 0.6 is 34.5 Å². The summed E-state index contributed by atoms with van der Waals surface area (Å²) in [6, 6.07) is 10.5. The molecule has 1 amide bonds. The van der Waals surface area contributed by atoms with Crippen molar-refractivity contribution >= 4 is 55.8 Å². The monoisotopic (exact) mass is 366 g/mol. The van der Waals surface area contributed by atoms with E-state index in [1.807, 2.05) is 13.0 Å². The van der Waals surface area contributed by atoms with E-state index >= 15 is 0 Å². The second-order valence-electron chi connectivity index (χ2n) is 4.64. The molecular formula is C16H12Cl2N2O2S. The molecule has 1 heterocycles. The number of benzene rings is 2. The van der Waals surface area contributed by atoms with Gasteiger partial charge in [-0.2, -0.15) is 0 Å². The normalized spacial score (nSPS) is 10.7. The van der Waals surface area contributed by atoms with Gasteiger partial charge in [-0.25, -0.2) is 4.98 Å². The van der Waals surface area contributed by atoms with E-state index in [9.17, 15) is 4.79 Å². The zero-order valence-corrected chi connectivity index (χ0v) is 14.4. The van der Waals surface area contributed by atoms with Crippen molar-refractivity contribution in [3.63, 3.8) is 0 Å². The Bertz CT molecular complexity index is 862. The molecule has 2 aromatic carbocycles. The maximum atomic E-state index is 12.3. The summed E-state index contributed by atoms with van der Waals surface area (Å²) in [6.07, 6.45) is 0. The van der Waals surface area contributed by atoms with Crippen molar-refractivity contribution in [3.8, 4) is 5.75 Å². The zero-order valence-electron chi connectivity index (χ0n) is 12.1. The van der Waals surface area contributed by atoms with Crippen LogP contribution in [-0.2, 0) is 0 Å². The summed E-state index contributed by atoms with van der Waals surface area (Å²) in [5.74, 6) is 0.486. The molecule has 0 spiro atoms. The van der Waals surface area contributed by atoms with Gasteiger partial charge < -0.3 is 4.74 Å². The second kappa shape index (κ2) is 6.74. The molecule has 0 aliphatic heterocycles. The van der Waals surface area contributed by atoms with Gasteiger partial charge in [0, 0.05) is 5.56 Å². The van der Waals surface area contributed by atoms with E-state index < -0.39 is 0 Å². The molecule has 0 radical (unpaired) electrons. The van der Waals surface area contributed by atoms with E-state index in [2.05, 4.69) is 10.3 Å². The number of anilines is 1. The fourth-order valence-corrected chi connectivity index (χ4v) is 3.31. The van der Waals surface area contributed by atoms with Gasteiger partial charge in [0.15, 0.2) is 5.13 Å². The second-order valence-corrected chi connectivity index (χ2v) is 6.45. The number of carbonyl (C=O) groups is 1. The molecule has 1 aromatic heterocycles. The lowest BCUT2D eigenvalue weighted by molar-refractivity contribution is 0.102. The maximum absolute atomic E-state index is 12.3. The van der Waals surface area contributed by atoms with Crippen LogP contribution in [0.1, 0.15) is 17.3 Å². The number of carbonyl (C=O) groups excluding carboxylic acids is 1. The van der Waals surface area contributed by atoms with Crippen molar-refractivity contribution in [3.05, 3.63) is 52.0 Å². The van der Waals surface area contributed by atoms with Crippen molar-refractivity contribution in [1.29, 1.82) is 0 Å². The number of hydrogen-bond acceptors (Lipinski definition) is 4. The average Bonchev–Trinajstić information content (AvgIpc) is 2.95. The van der Waals surface area contributed by atoms with Crippen LogP contribution in [0.3, 0.4) is 0 Å². The lowest BCUT2D eigenvalue weighted by Gasteiger charge is -2.04. The number of halogens is 2. The van der Waals surface area contributed by atoms with Gasteiger partial charge >= 0.3 is 0 Å². The Morgan fingerprint density at radius 1 is 1.22 bits per heavy atom. The van der Waals surface area contributed by atoms with E-state index in [4.69, 9.17) is 27.9 Å². The quantitative estimate of drug-likeness (QED) is 0.685. The Kier molecular flexibility index (Phi) is 4.71. The number of rotatable bonds is 4. The van der Waals surface area contributed by atoms with E-state index in [0.29, 0.717) is 32.9 Å². The van der Waals surface area contributed by atoms with E-state index in [1.165, 1.54) is 11.3 Å². The first-order valence-electron chi connectivity index (χ1n) is 6.87. The highest BCUT2D eigenvalue weighted by Gasteiger charge is 2.13. The largest absolute Gasteiger partial charge is 0.494 e. The highest BCUT2D eigenvalue weighted by molar-refractivity contribution is 7.22. The smallest absolute Gasteiger partial charge is 0.257 e. The van der Waals surface area contributed by atoms with Gasteiger partial charge in [-0.3, -0.25) is 10.1 Å². The van der Waals surface area contributed by atoms with Crippen LogP contribution in [-0.4, -0.2) is 17.5 Å². The first-order chi connectivity index (χ1) is 11.1. The van der Waals surface area contributed by atoms with Gasteiger partial charge in [0.05, 0.1) is 21.4 Å². The average molecular weight is 367 g/mol. The summed E-state index contributed by atoms with van der Waals surface area (Å²) in [7, 11) is 0. The summed E-state index contributed by atoms with van der Waals surface area (Å²) in [4.78, 5) is 16.6. The third kappa shape index (κ3) is 3.42. The molecule has 23 heavy (non-hydrogen) atoms. The molecule has 1 N–H and O–H groups in total. The molecule has 0 unspecified atom stereocenters. The molecule has 7 heteroatoms.